The zero-order valence-electron chi connectivity index (χ0n) is 14.2. The van der Waals surface area contributed by atoms with Crippen LogP contribution in [0.2, 0.25) is 10.0 Å². The SMILES string of the molecule is CCOc1ccc(-c2nc(NC(=O)c3ccc(Cl)c(Cl)c3)sc2C)cc1. The van der Waals surface area contributed by atoms with Crippen molar-refractivity contribution in [1.29, 1.82) is 0 Å². The van der Waals surface area contributed by atoms with Gasteiger partial charge in [0.25, 0.3) is 5.91 Å². The number of amides is 1. The summed E-state index contributed by atoms with van der Waals surface area (Å²) in [6.07, 6.45) is 0. The van der Waals surface area contributed by atoms with Gasteiger partial charge >= 0.3 is 0 Å². The second kappa shape index (κ2) is 8.08. The lowest BCUT2D eigenvalue weighted by molar-refractivity contribution is 0.102. The Hall–Kier alpha value is -2.08. The van der Waals surface area contributed by atoms with Crippen molar-refractivity contribution in [1.82, 2.24) is 4.98 Å². The molecule has 0 saturated carbocycles. The van der Waals surface area contributed by atoms with E-state index in [9.17, 15) is 4.79 Å². The molecule has 1 N–H and O–H groups in total. The lowest BCUT2D eigenvalue weighted by atomic mass is 10.1. The molecule has 3 rings (SSSR count). The first-order chi connectivity index (χ1) is 12.5. The first-order valence-electron chi connectivity index (χ1n) is 7.95. The van der Waals surface area contributed by atoms with Gasteiger partial charge in [-0.3, -0.25) is 10.1 Å². The Morgan fingerprint density at radius 2 is 1.88 bits per heavy atom. The molecule has 0 spiro atoms. The molecule has 0 saturated heterocycles. The molecule has 0 bridgehead atoms. The van der Waals surface area contributed by atoms with E-state index in [0.29, 0.717) is 27.3 Å². The topological polar surface area (TPSA) is 51.2 Å². The van der Waals surface area contributed by atoms with Crippen LogP contribution in [0.4, 0.5) is 5.13 Å². The van der Waals surface area contributed by atoms with Crippen LogP contribution < -0.4 is 10.1 Å². The lowest BCUT2D eigenvalue weighted by Gasteiger charge is -2.04. The van der Waals surface area contributed by atoms with Gasteiger partial charge in [0, 0.05) is 16.0 Å². The number of thiazole rings is 1. The monoisotopic (exact) mass is 406 g/mol. The fraction of sp³-hybridized carbons (Fsp3) is 0.158. The maximum absolute atomic E-state index is 12.4. The Labute approximate surface area is 165 Å². The van der Waals surface area contributed by atoms with Crippen LogP contribution in [0.3, 0.4) is 0 Å². The van der Waals surface area contributed by atoms with E-state index in [2.05, 4.69) is 10.3 Å². The van der Waals surface area contributed by atoms with Crippen molar-refractivity contribution in [3.8, 4) is 17.0 Å². The van der Waals surface area contributed by atoms with E-state index in [-0.39, 0.29) is 5.91 Å². The number of aromatic nitrogens is 1. The summed E-state index contributed by atoms with van der Waals surface area (Å²) in [5.74, 6) is 0.535. The summed E-state index contributed by atoms with van der Waals surface area (Å²) < 4.78 is 5.46. The van der Waals surface area contributed by atoms with E-state index in [1.807, 2.05) is 38.1 Å². The van der Waals surface area contributed by atoms with Crippen molar-refractivity contribution in [2.24, 2.45) is 0 Å². The molecular weight excluding hydrogens is 391 g/mol. The largest absolute Gasteiger partial charge is 0.494 e. The maximum Gasteiger partial charge on any atom is 0.257 e. The summed E-state index contributed by atoms with van der Waals surface area (Å²) in [5, 5.41) is 4.09. The molecule has 0 fully saturated rings. The number of hydrogen-bond donors (Lipinski definition) is 1. The molecule has 0 aliphatic heterocycles. The zero-order chi connectivity index (χ0) is 18.7. The number of halogens is 2. The van der Waals surface area contributed by atoms with Crippen LogP contribution in [0.15, 0.2) is 42.5 Å². The fourth-order valence-electron chi connectivity index (χ4n) is 2.40. The van der Waals surface area contributed by atoms with Crippen LogP contribution in [-0.2, 0) is 0 Å². The first-order valence-corrected chi connectivity index (χ1v) is 9.52. The van der Waals surface area contributed by atoms with Crippen LogP contribution in [0.25, 0.3) is 11.3 Å². The van der Waals surface area contributed by atoms with Crippen molar-refractivity contribution >= 4 is 45.6 Å². The highest BCUT2D eigenvalue weighted by molar-refractivity contribution is 7.16. The number of hydrogen-bond acceptors (Lipinski definition) is 4. The summed E-state index contributed by atoms with van der Waals surface area (Å²) in [4.78, 5) is 17.9. The highest BCUT2D eigenvalue weighted by Gasteiger charge is 2.14. The predicted octanol–water partition coefficient (Wildman–Crippen LogP) is 6.08. The standard InChI is InChI=1S/C19H16Cl2N2O2S/c1-3-25-14-7-4-12(5-8-14)17-11(2)26-19(22-17)23-18(24)13-6-9-15(20)16(21)10-13/h4-10H,3H2,1-2H3,(H,22,23,24). The summed E-state index contributed by atoms with van der Waals surface area (Å²) >= 11 is 13.3. The lowest BCUT2D eigenvalue weighted by Crippen LogP contribution is -2.11. The number of aryl methyl sites for hydroxylation is 1. The molecule has 0 aliphatic rings. The van der Waals surface area contributed by atoms with Crippen molar-refractivity contribution < 1.29 is 9.53 Å². The van der Waals surface area contributed by atoms with Gasteiger partial charge in [-0.25, -0.2) is 4.98 Å². The van der Waals surface area contributed by atoms with Gasteiger partial charge in [0.05, 0.1) is 22.3 Å². The molecule has 1 aromatic heterocycles. The molecular formula is C19H16Cl2N2O2S. The van der Waals surface area contributed by atoms with E-state index in [0.717, 1.165) is 21.9 Å². The summed E-state index contributed by atoms with van der Waals surface area (Å²) in [6.45, 7) is 4.54. The van der Waals surface area contributed by atoms with Crippen molar-refractivity contribution in [2.45, 2.75) is 13.8 Å². The molecule has 0 atom stereocenters. The number of nitrogens with zero attached hydrogens (tertiary/aromatic N) is 1. The van der Waals surface area contributed by atoms with Gasteiger partial charge in [0.15, 0.2) is 5.13 Å². The van der Waals surface area contributed by atoms with Crippen LogP contribution in [0.5, 0.6) is 5.75 Å². The smallest absolute Gasteiger partial charge is 0.257 e. The van der Waals surface area contributed by atoms with E-state index in [1.54, 1.807) is 12.1 Å². The minimum absolute atomic E-state index is 0.282. The quantitative estimate of drug-likeness (QED) is 0.558. The fourth-order valence-corrected chi connectivity index (χ4v) is 3.53. The van der Waals surface area contributed by atoms with Crippen molar-refractivity contribution in [2.75, 3.05) is 11.9 Å². The highest BCUT2D eigenvalue weighted by Crippen LogP contribution is 2.32. The number of benzene rings is 2. The molecule has 0 unspecified atom stereocenters. The maximum atomic E-state index is 12.4. The third-order valence-electron chi connectivity index (χ3n) is 3.64. The van der Waals surface area contributed by atoms with Crippen LogP contribution in [0.1, 0.15) is 22.2 Å². The minimum Gasteiger partial charge on any atom is -0.494 e. The zero-order valence-corrected chi connectivity index (χ0v) is 16.5. The Bertz CT molecular complexity index is 939. The van der Waals surface area contributed by atoms with Gasteiger partial charge in [-0.1, -0.05) is 23.2 Å². The molecule has 134 valence electrons. The molecule has 26 heavy (non-hydrogen) atoms. The molecule has 0 aliphatic carbocycles. The summed E-state index contributed by atoms with van der Waals surface area (Å²) in [5.41, 5.74) is 2.23. The van der Waals surface area contributed by atoms with E-state index >= 15 is 0 Å². The third-order valence-corrected chi connectivity index (χ3v) is 5.26. The number of ether oxygens (including phenoxy) is 1. The summed E-state index contributed by atoms with van der Waals surface area (Å²) in [6, 6.07) is 12.5. The molecule has 7 heteroatoms. The van der Waals surface area contributed by atoms with E-state index < -0.39 is 0 Å². The average molecular weight is 407 g/mol. The molecule has 0 radical (unpaired) electrons. The Kier molecular flexibility index (Phi) is 5.81. The van der Waals surface area contributed by atoms with Gasteiger partial charge in [-0.2, -0.15) is 0 Å². The van der Waals surface area contributed by atoms with Gasteiger partial charge in [0.2, 0.25) is 0 Å². The normalized spacial score (nSPS) is 10.6. The van der Waals surface area contributed by atoms with Gasteiger partial charge in [-0.05, 0) is 56.3 Å². The Morgan fingerprint density at radius 3 is 2.54 bits per heavy atom. The predicted molar refractivity (Wildman–Crippen MR) is 108 cm³/mol. The second-order valence-electron chi connectivity index (χ2n) is 5.46. The minimum atomic E-state index is -0.282. The van der Waals surface area contributed by atoms with Crippen molar-refractivity contribution in [3.05, 3.63) is 63.0 Å². The van der Waals surface area contributed by atoms with Gasteiger partial charge in [-0.15, -0.1) is 11.3 Å². The second-order valence-corrected chi connectivity index (χ2v) is 7.48. The first kappa shape index (κ1) is 18.7. The average Bonchev–Trinajstić information content (AvgIpc) is 2.98. The Balaban J connectivity index is 1.79. The molecule has 1 amide bonds. The number of carbonyl (C=O) groups excluding carboxylic acids is 1. The van der Waals surface area contributed by atoms with Crippen LogP contribution >= 0.6 is 34.5 Å². The highest BCUT2D eigenvalue weighted by atomic mass is 35.5. The molecule has 4 nitrogen and oxygen atoms in total. The third kappa shape index (κ3) is 4.18. The van der Waals surface area contributed by atoms with Crippen LogP contribution in [0, 0.1) is 6.92 Å². The molecule has 2 aromatic carbocycles. The molecule has 3 aromatic rings. The number of rotatable bonds is 5. The molecule has 1 heterocycles. The van der Waals surface area contributed by atoms with E-state index in [4.69, 9.17) is 27.9 Å². The number of anilines is 1. The van der Waals surface area contributed by atoms with Crippen LogP contribution in [-0.4, -0.2) is 17.5 Å². The van der Waals surface area contributed by atoms with E-state index in [1.165, 1.54) is 17.4 Å². The van der Waals surface area contributed by atoms with Crippen molar-refractivity contribution in [3.63, 3.8) is 0 Å². The number of carbonyl (C=O) groups is 1. The Morgan fingerprint density at radius 1 is 1.15 bits per heavy atom. The van der Waals surface area contributed by atoms with Gasteiger partial charge < -0.3 is 4.74 Å². The summed E-state index contributed by atoms with van der Waals surface area (Å²) in [7, 11) is 0. The number of nitrogens with one attached hydrogen (secondary N) is 1. The van der Waals surface area contributed by atoms with Gasteiger partial charge in [0.1, 0.15) is 5.75 Å².